The van der Waals surface area contributed by atoms with Gasteiger partial charge < -0.3 is 19.5 Å². The number of hydrogen-bond donors (Lipinski definition) is 2. The molecule has 2 amide bonds. The quantitative estimate of drug-likeness (QED) is 0.186. The van der Waals surface area contributed by atoms with E-state index in [-0.39, 0.29) is 12.5 Å². The molecule has 9 nitrogen and oxygen atoms in total. The molecule has 0 heterocycles. The summed E-state index contributed by atoms with van der Waals surface area (Å²) in [5.41, 5.74) is 3.73. The zero-order valence-electron chi connectivity index (χ0n) is 18.9. The Balaban J connectivity index is 1.48. The van der Waals surface area contributed by atoms with Crippen LogP contribution in [0.4, 0.5) is 0 Å². The Hall–Kier alpha value is -4.18. The van der Waals surface area contributed by atoms with Crippen LogP contribution in [-0.2, 0) is 4.79 Å². The first-order valence-corrected chi connectivity index (χ1v) is 11.1. The average molecular weight is 540 g/mol. The highest BCUT2D eigenvalue weighted by atomic mass is 79.9. The van der Waals surface area contributed by atoms with E-state index >= 15 is 0 Å². The number of methoxy groups -OCH3 is 2. The van der Waals surface area contributed by atoms with Crippen LogP contribution in [0.15, 0.2) is 76.3 Å². The van der Waals surface area contributed by atoms with E-state index in [2.05, 4.69) is 31.8 Å². The number of halogens is 1. The van der Waals surface area contributed by atoms with Gasteiger partial charge in [-0.15, -0.1) is 0 Å². The summed E-state index contributed by atoms with van der Waals surface area (Å²) in [4.78, 5) is 36.4. The van der Waals surface area contributed by atoms with E-state index < -0.39 is 11.9 Å². The maximum atomic E-state index is 12.4. The van der Waals surface area contributed by atoms with Crippen molar-refractivity contribution in [2.24, 2.45) is 5.10 Å². The Labute approximate surface area is 210 Å². The number of nitrogens with one attached hydrogen (secondary N) is 2. The molecule has 0 aliphatic carbocycles. The number of hydrogen-bond acceptors (Lipinski definition) is 7. The first kappa shape index (κ1) is 25.4. The maximum Gasteiger partial charge on any atom is 0.343 e. The first-order chi connectivity index (χ1) is 16.9. The normalized spacial score (nSPS) is 10.5. The Morgan fingerprint density at radius 1 is 0.943 bits per heavy atom. The second kappa shape index (κ2) is 12.3. The average Bonchev–Trinajstić information content (AvgIpc) is 2.88. The fourth-order valence-corrected chi connectivity index (χ4v) is 3.34. The van der Waals surface area contributed by atoms with Crippen molar-refractivity contribution in [1.29, 1.82) is 0 Å². The monoisotopic (exact) mass is 539 g/mol. The molecule has 0 bridgehead atoms. The van der Waals surface area contributed by atoms with Crippen LogP contribution in [0.25, 0.3) is 0 Å². The molecular weight excluding hydrogens is 518 g/mol. The molecule has 10 heteroatoms. The van der Waals surface area contributed by atoms with Gasteiger partial charge in [-0.25, -0.2) is 10.2 Å². The third kappa shape index (κ3) is 7.15. The largest absolute Gasteiger partial charge is 0.493 e. The zero-order chi connectivity index (χ0) is 25.2. The number of amides is 2. The van der Waals surface area contributed by atoms with Gasteiger partial charge >= 0.3 is 5.97 Å². The number of carbonyl (C=O) groups is 3. The predicted molar refractivity (Wildman–Crippen MR) is 133 cm³/mol. The van der Waals surface area contributed by atoms with E-state index in [4.69, 9.17) is 14.2 Å². The molecule has 0 fully saturated rings. The van der Waals surface area contributed by atoms with Gasteiger partial charge in [0, 0.05) is 4.47 Å². The predicted octanol–water partition coefficient (Wildman–Crippen LogP) is 3.57. The Kier molecular flexibility index (Phi) is 8.96. The standard InChI is InChI=1S/C25H22BrN3O6/c1-33-21-12-9-17(13-22(21)34-2)25(32)35-18-10-7-16(8-11-18)14-28-29-23(30)15-27-24(31)19-5-3-4-6-20(19)26/h3-14H,15H2,1-2H3,(H,27,31)(H,29,30). The van der Waals surface area contributed by atoms with Gasteiger partial charge in [-0.3, -0.25) is 9.59 Å². The number of nitrogens with zero attached hydrogens (tertiary/aromatic N) is 1. The molecule has 3 aromatic carbocycles. The van der Waals surface area contributed by atoms with E-state index in [9.17, 15) is 14.4 Å². The molecule has 180 valence electrons. The molecule has 0 aliphatic rings. The molecule has 35 heavy (non-hydrogen) atoms. The summed E-state index contributed by atoms with van der Waals surface area (Å²) in [6, 6.07) is 18.2. The molecule has 0 aliphatic heterocycles. The fraction of sp³-hybridized carbons (Fsp3) is 0.120. The van der Waals surface area contributed by atoms with Crippen LogP contribution in [-0.4, -0.2) is 44.8 Å². The van der Waals surface area contributed by atoms with Crippen molar-refractivity contribution in [3.8, 4) is 17.2 Å². The van der Waals surface area contributed by atoms with Crippen molar-refractivity contribution < 1.29 is 28.6 Å². The topological polar surface area (TPSA) is 115 Å². The minimum absolute atomic E-state index is 0.234. The van der Waals surface area contributed by atoms with Gasteiger partial charge in [0.1, 0.15) is 5.75 Å². The molecule has 0 radical (unpaired) electrons. The summed E-state index contributed by atoms with van der Waals surface area (Å²) < 4.78 is 16.4. The lowest BCUT2D eigenvalue weighted by atomic mass is 10.2. The number of ether oxygens (including phenoxy) is 3. The summed E-state index contributed by atoms with van der Waals surface area (Å²) in [5, 5.41) is 6.39. The van der Waals surface area contributed by atoms with E-state index in [1.165, 1.54) is 26.5 Å². The lowest BCUT2D eigenvalue weighted by Gasteiger charge is -2.09. The third-order valence-electron chi connectivity index (χ3n) is 4.64. The minimum atomic E-state index is -0.552. The Morgan fingerprint density at radius 2 is 1.66 bits per heavy atom. The van der Waals surface area contributed by atoms with Crippen LogP contribution in [0.5, 0.6) is 17.2 Å². The molecule has 3 rings (SSSR count). The van der Waals surface area contributed by atoms with Gasteiger partial charge in [-0.1, -0.05) is 12.1 Å². The molecule has 0 saturated carbocycles. The highest BCUT2D eigenvalue weighted by Crippen LogP contribution is 2.28. The summed E-state index contributed by atoms with van der Waals surface area (Å²) in [6.45, 7) is -0.234. The first-order valence-electron chi connectivity index (χ1n) is 10.3. The lowest BCUT2D eigenvalue weighted by molar-refractivity contribution is -0.120. The Bertz CT molecular complexity index is 1240. The van der Waals surface area contributed by atoms with Crippen LogP contribution in [0.3, 0.4) is 0 Å². The van der Waals surface area contributed by atoms with Crippen molar-refractivity contribution in [3.63, 3.8) is 0 Å². The smallest absolute Gasteiger partial charge is 0.343 e. The number of benzene rings is 3. The minimum Gasteiger partial charge on any atom is -0.493 e. The lowest BCUT2D eigenvalue weighted by Crippen LogP contribution is -2.35. The molecule has 0 saturated heterocycles. The summed E-state index contributed by atoms with van der Waals surface area (Å²) >= 11 is 3.29. The summed E-state index contributed by atoms with van der Waals surface area (Å²) in [5.74, 6) is -0.156. The van der Waals surface area contributed by atoms with Gasteiger partial charge in [-0.05, 0) is 76.1 Å². The molecule has 0 unspecified atom stereocenters. The van der Waals surface area contributed by atoms with E-state index in [0.29, 0.717) is 38.4 Å². The van der Waals surface area contributed by atoms with Gasteiger partial charge in [0.25, 0.3) is 11.8 Å². The van der Waals surface area contributed by atoms with Crippen LogP contribution < -0.4 is 25.0 Å². The van der Waals surface area contributed by atoms with E-state index in [1.807, 2.05) is 0 Å². The van der Waals surface area contributed by atoms with Crippen molar-refractivity contribution >= 4 is 39.9 Å². The number of esters is 1. The van der Waals surface area contributed by atoms with Crippen molar-refractivity contribution in [2.45, 2.75) is 0 Å². The van der Waals surface area contributed by atoms with Crippen LogP contribution >= 0.6 is 15.9 Å². The summed E-state index contributed by atoms with van der Waals surface area (Å²) in [6.07, 6.45) is 1.42. The van der Waals surface area contributed by atoms with Crippen LogP contribution in [0.1, 0.15) is 26.3 Å². The third-order valence-corrected chi connectivity index (χ3v) is 5.33. The van der Waals surface area contributed by atoms with Gasteiger partial charge in [-0.2, -0.15) is 5.10 Å². The van der Waals surface area contributed by atoms with Crippen molar-refractivity contribution in [3.05, 3.63) is 87.9 Å². The van der Waals surface area contributed by atoms with Gasteiger partial charge in [0.2, 0.25) is 0 Å². The van der Waals surface area contributed by atoms with Gasteiger partial charge in [0.05, 0.1) is 38.1 Å². The zero-order valence-corrected chi connectivity index (χ0v) is 20.5. The van der Waals surface area contributed by atoms with Crippen molar-refractivity contribution in [1.82, 2.24) is 10.7 Å². The van der Waals surface area contributed by atoms with Crippen LogP contribution in [0, 0.1) is 0 Å². The van der Waals surface area contributed by atoms with E-state index in [1.54, 1.807) is 60.7 Å². The molecule has 2 N–H and O–H groups in total. The molecular formula is C25H22BrN3O6. The molecule has 0 spiro atoms. The Morgan fingerprint density at radius 3 is 2.34 bits per heavy atom. The van der Waals surface area contributed by atoms with Crippen LogP contribution in [0.2, 0.25) is 0 Å². The second-order valence-corrected chi connectivity index (χ2v) is 7.84. The highest BCUT2D eigenvalue weighted by molar-refractivity contribution is 9.10. The highest BCUT2D eigenvalue weighted by Gasteiger charge is 2.13. The second-order valence-electron chi connectivity index (χ2n) is 6.98. The fourth-order valence-electron chi connectivity index (χ4n) is 2.87. The molecule has 0 atom stereocenters. The molecule has 3 aromatic rings. The summed E-state index contributed by atoms with van der Waals surface area (Å²) in [7, 11) is 2.99. The van der Waals surface area contributed by atoms with Crippen molar-refractivity contribution in [2.75, 3.05) is 20.8 Å². The number of carbonyl (C=O) groups excluding carboxylic acids is 3. The molecule has 0 aromatic heterocycles. The number of rotatable bonds is 9. The SMILES string of the molecule is COc1ccc(C(=O)Oc2ccc(C=NNC(=O)CNC(=O)c3ccccc3Br)cc2)cc1OC. The number of hydrazone groups is 1. The van der Waals surface area contributed by atoms with Gasteiger partial charge in [0.15, 0.2) is 11.5 Å². The van der Waals surface area contributed by atoms with E-state index in [0.717, 1.165) is 0 Å². The maximum absolute atomic E-state index is 12.4.